The summed E-state index contributed by atoms with van der Waals surface area (Å²) in [5, 5.41) is -0.653. The number of rotatable bonds is 11. The van der Waals surface area contributed by atoms with E-state index in [-0.39, 0.29) is 47.9 Å². The van der Waals surface area contributed by atoms with Crippen LogP contribution in [0, 0.1) is 5.82 Å². The van der Waals surface area contributed by atoms with Crippen molar-refractivity contribution in [2.45, 2.75) is 63.0 Å². The van der Waals surface area contributed by atoms with E-state index in [0.29, 0.717) is 30.8 Å². The van der Waals surface area contributed by atoms with Crippen LogP contribution in [0.1, 0.15) is 52.9 Å². The first-order valence-electron chi connectivity index (χ1n) is 11.7. The summed E-state index contributed by atoms with van der Waals surface area (Å²) in [7, 11) is 1.24. The van der Waals surface area contributed by atoms with Gasteiger partial charge in [0.25, 0.3) is 5.91 Å². The molecule has 0 radical (unpaired) electrons. The zero-order valence-electron chi connectivity index (χ0n) is 20.9. The largest absolute Gasteiger partial charge is 0.468 e. The number of imide groups is 1. The van der Waals surface area contributed by atoms with E-state index in [1.807, 2.05) is 6.92 Å². The molecule has 1 aliphatic rings. The third-order valence-electron chi connectivity index (χ3n) is 5.47. The third kappa shape index (κ3) is 7.54. The van der Waals surface area contributed by atoms with Gasteiger partial charge in [-0.1, -0.05) is 18.5 Å². The van der Waals surface area contributed by atoms with Crippen molar-refractivity contribution >= 4 is 52.8 Å². The van der Waals surface area contributed by atoms with E-state index in [1.165, 1.54) is 13.2 Å². The van der Waals surface area contributed by atoms with Crippen LogP contribution in [0.2, 0.25) is 5.02 Å². The number of carbonyl (C=O) groups is 4. The number of benzene rings is 1. The average Bonchev–Trinajstić information content (AvgIpc) is 2.88. The molecule has 0 heterocycles. The highest BCUT2D eigenvalue weighted by Gasteiger charge is 2.33. The summed E-state index contributed by atoms with van der Waals surface area (Å²) in [5.74, 6) is -3.49. The summed E-state index contributed by atoms with van der Waals surface area (Å²) in [6.45, 7) is 5.68. The summed E-state index contributed by atoms with van der Waals surface area (Å²) in [6.07, 6.45) is 1.78. The van der Waals surface area contributed by atoms with E-state index in [2.05, 4.69) is 0 Å². The Balaban J connectivity index is 2.48. The van der Waals surface area contributed by atoms with Crippen molar-refractivity contribution in [1.29, 1.82) is 0 Å². The first-order valence-corrected chi connectivity index (χ1v) is 13.0. The molecule has 1 unspecified atom stereocenters. The Morgan fingerprint density at radius 2 is 1.78 bits per heavy atom. The van der Waals surface area contributed by atoms with E-state index in [0.717, 1.165) is 22.7 Å². The van der Waals surface area contributed by atoms with Gasteiger partial charge in [-0.25, -0.2) is 14.1 Å². The van der Waals surface area contributed by atoms with Crippen LogP contribution in [0.25, 0.3) is 0 Å². The van der Waals surface area contributed by atoms with Crippen LogP contribution in [0.4, 0.5) is 10.1 Å². The van der Waals surface area contributed by atoms with E-state index in [4.69, 9.17) is 25.8 Å². The van der Waals surface area contributed by atoms with Crippen molar-refractivity contribution in [2.75, 3.05) is 31.8 Å². The number of hydrogen-bond donors (Lipinski definition) is 0. The maximum atomic E-state index is 15.1. The van der Waals surface area contributed by atoms with Crippen LogP contribution < -0.4 is 4.90 Å². The minimum absolute atomic E-state index is 0.0174. The molecule has 1 aromatic carbocycles. The molecule has 1 atom stereocenters. The number of amides is 2. The van der Waals surface area contributed by atoms with Gasteiger partial charge in [-0.3, -0.25) is 14.4 Å². The second-order valence-corrected chi connectivity index (χ2v) is 9.69. The Morgan fingerprint density at radius 3 is 2.39 bits per heavy atom. The van der Waals surface area contributed by atoms with E-state index in [1.54, 1.807) is 13.8 Å². The van der Waals surface area contributed by atoms with Gasteiger partial charge in [-0.2, -0.15) is 0 Å². The molecule has 2 rings (SSSR count). The van der Waals surface area contributed by atoms with Crippen molar-refractivity contribution in [2.24, 2.45) is 0 Å². The second-order valence-electron chi connectivity index (χ2n) is 7.90. The van der Waals surface area contributed by atoms with Crippen molar-refractivity contribution in [3.8, 4) is 0 Å². The molecule has 8 nitrogen and oxygen atoms in total. The Bertz CT molecular complexity index is 1030. The summed E-state index contributed by atoms with van der Waals surface area (Å²) in [6, 6.07) is 2.25. The number of nitrogens with zero attached hydrogens (tertiary/aromatic N) is 1. The predicted octanol–water partition coefficient (Wildman–Crippen LogP) is 4.85. The molecule has 0 aromatic heterocycles. The van der Waals surface area contributed by atoms with Gasteiger partial charge in [0.05, 0.1) is 24.4 Å². The highest BCUT2D eigenvalue weighted by atomic mass is 35.5. The standard InChI is InChI=1S/C25H31ClFNO7S/c1-5-22(29)28(20-14-21(18(26)13-19(20)27)36-15(3)24(31)33-4)23(30)16-9-7-8-10-17(16)25(32)35-12-11-34-6-2/h13-15H,5-12H2,1-4H3. The Morgan fingerprint density at radius 1 is 1.11 bits per heavy atom. The van der Waals surface area contributed by atoms with Gasteiger partial charge in [-0.05, 0) is 51.7 Å². The lowest BCUT2D eigenvalue weighted by Crippen LogP contribution is -2.39. The molecule has 11 heteroatoms. The number of ether oxygens (including phenoxy) is 3. The van der Waals surface area contributed by atoms with Crippen LogP contribution in [-0.2, 0) is 33.4 Å². The van der Waals surface area contributed by atoms with Crippen LogP contribution in [0.5, 0.6) is 0 Å². The van der Waals surface area contributed by atoms with Crippen molar-refractivity contribution < 1.29 is 37.8 Å². The fourth-order valence-corrected chi connectivity index (χ4v) is 4.83. The number of hydrogen-bond acceptors (Lipinski definition) is 8. The summed E-state index contributed by atoms with van der Waals surface area (Å²) < 4.78 is 30.3. The minimum Gasteiger partial charge on any atom is -0.468 e. The molecule has 1 aromatic rings. The lowest BCUT2D eigenvalue weighted by Gasteiger charge is -2.26. The number of anilines is 1. The fraction of sp³-hybridized carbons (Fsp3) is 0.520. The first-order chi connectivity index (χ1) is 17.2. The SMILES string of the molecule is CCOCCOC(=O)C1=C(C(=O)N(C(=O)CC)c2cc(SC(C)C(=O)OC)c(Cl)cc2F)CCCC1. The molecule has 0 saturated heterocycles. The zero-order chi connectivity index (χ0) is 26.8. The first kappa shape index (κ1) is 29.8. The highest BCUT2D eigenvalue weighted by Crippen LogP contribution is 2.37. The molecule has 0 bridgehead atoms. The molecule has 0 saturated carbocycles. The van der Waals surface area contributed by atoms with Gasteiger partial charge < -0.3 is 14.2 Å². The van der Waals surface area contributed by atoms with Crippen LogP contribution in [0.15, 0.2) is 28.2 Å². The Labute approximate surface area is 219 Å². The van der Waals surface area contributed by atoms with Crippen molar-refractivity contribution in [3.63, 3.8) is 0 Å². The lowest BCUT2D eigenvalue weighted by atomic mass is 9.90. The zero-order valence-corrected chi connectivity index (χ0v) is 22.4. The topological polar surface area (TPSA) is 99.2 Å². The number of thioether (sulfide) groups is 1. The Kier molecular flexibility index (Phi) is 11.9. The van der Waals surface area contributed by atoms with E-state index < -0.39 is 34.8 Å². The molecular weight excluding hydrogens is 513 g/mol. The molecule has 36 heavy (non-hydrogen) atoms. The molecule has 0 aliphatic heterocycles. The third-order valence-corrected chi connectivity index (χ3v) is 7.03. The number of halogens is 2. The van der Waals surface area contributed by atoms with Gasteiger partial charge >= 0.3 is 11.9 Å². The van der Waals surface area contributed by atoms with Gasteiger partial charge in [0, 0.05) is 29.1 Å². The summed E-state index contributed by atoms with van der Waals surface area (Å²) >= 11 is 7.20. The van der Waals surface area contributed by atoms with Gasteiger partial charge in [0.1, 0.15) is 17.7 Å². The van der Waals surface area contributed by atoms with Crippen molar-refractivity contribution in [1.82, 2.24) is 0 Å². The average molecular weight is 544 g/mol. The van der Waals surface area contributed by atoms with Gasteiger partial charge in [-0.15, -0.1) is 11.8 Å². The molecular formula is C25H31ClFNO7S. The molecule has 2 amide bonds. The van der Waals surface area contributed by atoms with Gasteiger partial charge in [0.2, 0.25) is 5.91 Å². The van der Waals surface area contributed by atoms with Crippen LogP contribution in [-0.4, -0.2) is 55.9 Å². The lowest BCUT2D eigenvalue weighted by molar-refractivity contribution is -0.141. The van der Waals surface area contributed by atoms with E-state index >= 15 is 4.39 Å². The molecule has 198 valence electrons. The maximum Gasteiger partial charge on any atom is 0.334 e. The van der Waals surface area contributed by atoms with Crippen LogP contribution >= 0.6 is 23.4 Å². The predicted molar refractivity (Wildman–Crippen MR) is 134 cm³/mol. The van der Waals surface area contributed by atoms with Crippen molar-refractivity contribution in [3.05, 3.63) is 34.1 Å². The maximum absolute atomic E-state index is 15.1. The monoisotopic (exact) mass is 543 g/mol. The fourth-order valence-electron chi connectivity index (χ4n) is 3.63. The molecule has 0 N–H and O–H groups in total. The quantitative estimate of drug-likeness (QED) is 0.222. The highest BCUT2D eigenvalue weighted by molar-refractivity contribution is 8.00. The number of esters is 2. The molecule has 0 fully saturated rings. The summed E-state index contributed by atoms with van der Waals surface area (Å²) in [4.78, 5) is 52.2. The molecule has 1 aliphatic carbocycles. The normalized spacial score (nSPS) is 14.3. The molecule has 0 spiro atoms. The minimum atomic E-state index is -0.887. The van der Waals surface area contributed by atoms with E-state index in [9.17, 15) is 19.2 Å². The van der Waals surface area contributed by atoms with Crippen LogP contribution in [0.3, 0.4) is 0 Å². The Hall–Kier alpha value is -2.43. The smallest absolute Gasteiger partial charge is 0.334 e. The number of methoxy groups -OCH3 is 1. The second kappa shape index (κ2) is 14.3. The van der Waals surface area contributed by atoms with Gasteiger partial charge in [0.15, 0.2) is 0 Å². The number of carbonyl (C=O) groups excluding carboxylic acids is 4. The summed E-state index contributed by atoms with van der Waals surface area (Å²) in [5.41, 5.74) is -0.00571.